The molecular weight excluding hydrogens is 563 g/mol. The quantitative estimate of drug-likeness (QED) is 0.235. The minimum atomic E-state index is -1.26. The van der Waals surface area contributed by atoms with Crippen LogP contribution in [0.4, 0.5) is 10.3 Å². The lowest BCUT2D eigenvalue weighted by molar-refractivity contribution is -0.134. The number of carboxylic acid groups (broad SMARTS) is 4. The number of carbonyl (C=O) groups is 4. The van der Waals surface area contributed by atoms with E-state index in [2.05, 4.69) is 30.8 Å². The van der Waals surface area contributed by atoms with Crippen LogP contribution in [0.2, 0.25) is 0 Å². The molecule has 16 heteroatoms. The third kappa shape index (κ3) is 12.3. The van der Waals surface area contributed by atoms with Gasteiger partial charge in [0, 0.05) is 57.0 Å². The van der Waals surface area contributed by atoms with Crippen molar-refractivity contribution in [3.8, 4) is 0 Å². The average molecular weight is 591 g/mol. The van der Waals surface area contributed by atoms with Crippen molar-refractivity contribution in [2.75, 3.05) is 37.6 Å². The second-order valence-corrected chi connectivity index (χ2v) is 9.20. The standard InChI is InChI=1S/C17H19FN6S.2C4H4O4/c18-12-9-20-17(21-10-12)24-7-5-23(6-8-24)11-13(19)16-22-14-3-1-2-4-15(14)25-16;2*5-3(6)1-2-4(7)8/h1-4,9-10,13H,5-8,11,19H2;2*1-2H,(H,5,6)(H,7,8)/b;2*2-1+. The molecule has 1 unspecified atom stereocenters. The summed E-state index contributed by atoms with van der Waals surface area (Å²) in [6.45, 7) is 4.13. The van der Waals surface area contributed by atoms with E-state index in [-0.39, 0.29) is 6.04 Å². The van der Waals surface area contributed by atoms with Crippen LogP contribution in [-0.2, 0) is 19.2 Å². The van der Waals surface area contributed by atoms with Crippen molar-refractivity contribution in [3.63, 3.8) is 0 Å². The van der Waals surface area contributed by atoms with E-state index in [0.717, 1.165) is 43.2 Å². The summed E-state index contributed by atoms with van der Waals surface area (Å²) in [5, 5.41) is 32.2. The highest BCUT2D eigenvalue weighted by Gasteiger charge is 2.22. The summed E-state index contributed by atoms with van der Waals surface area (Å²) >= 11 is 1.66. The number of para-hydroxylation sites is 1. The Labute approximate surface area is 236 Å². The second kappa shape index (κ2) is 16.3. The van der Waals surface area contributed by atoms with E-state index in [1.807, 2.05) is 18.2 Å². The number of carboxylic acids is 4. The smallest absolute Gasteiger partial charge is 0.328 e. The van der Waals surface area contributed by atoms with Gasteiger partial charge >= 0.3 is 23.9 Å². The molecular formula is C25H27FN6O8S. The van der Waals surface area contributed by atoms with E-state index < -0.39 is 29.7 Å². The maximum Gasteiger partial charge on any atom is 0.328 e. The summed E-state index contributed by atoms with van der Waals surface area (Å²) in [5.74, 6) is -4.86. The molecule has 41 heavy (non-hydrogen) atoms. The third-order valence-corrected chi connectivity index (χ3v) is 6.25. The van der Waals surface area contributed by atoms with Crippen LogP contribution in [-0.4, -0.2) is 96.9 Å². The molecule has 1 fully saturated rings. The molecule has 0 radical (unpaired) electrons. The number of benzene rings is 1. The number of nitrogens with zero attached hydrogens (tertiary/aromatic N) is 5. The summed E-state index contributed by atoms with van der Waals surface area (Å²) in [5.41, 5.74) is 7.39. The topological polar surface area (TPSA) is 220 Å². The van der Waals surface area contributed by atoms with Crippen LogP contribution in [0.1, 0.15) is 11.0 Å². The van der Waals surface area contributed by atoms with Crippen LogP contribution >= 0.6 is 11.3 Å². The molecule has 1 aliphatic rings. The van der Waals surface area contributed by atoms with Crippen molar-refractivity contribution in [1.82, 2.24) is 19.9 Å². The number of aromatic nitrogens is 3. The zero-order valence-electron chi connectivity index (χ0n) is 21.4. The molecule has 14 nitrogen and oxygen atoms in total. The highest BCUT2D eigenvalue weighted by Crippen LogP contribution is 2.26. The summed E-state index contributed by atoms with van der Waals surface area (Å²) < 4.78 is 14.1. The Morgan fingerprint density at radius 3 is 1.83 bits per heavy atom. The minimum Gasteiger partial charge on any atom is -0.478 e. The molecule has 218 valence electrons. The summed E-state index contributed by atoms with van der Waals surface area (Å²) in [7, 11) is 0. The van der Waals surface area contributed by atoms with Gasteiger partial charge in [-0.1, -0.05) is 12.1 Å². The molecule has 1 aliphatic heterocycles. The molecule has 0 aliphatic carbocycles. The Balaban J connectivity index is 0.000000304. The SMILES string of the molecule is NC(CN1CCN(c2ncc(F)cn2)CC1)c1nc2ccccc2s1.O=C(O)/C=C/C(=O)O.O=C(O)/C=C/C(=O)O. The number of nitrogens with two attached hydrogens (primary N) is 1. The van der Waals surface area contributed by atoms with E-state index in [4.69, 9.17) is 26.2 Å². The predicted octanol–water partition coefficient (Wildman–Crippen LogP) is 1.47. The Morgan fingerprint density at radius 2 is 1.37 bits per heavy atom. The van der Waals surface area contributed by atoms with Gasteiger partial charge < -0.3 is 31.1 Å². The van der Waals surface area contributed by atoms with Gasteiger partial charge in [0.15, 0.2) is 5.82 Å². The van der Waals surface area contributed by atoms with Crippen LogP contribution in [0.15, 0.2) is 61.0 Å². The van der Waals surface area contributed by atoms with E-state index in [1.54, 1.807) is 11.3 Å². The normalized spacial score (nSPS) is 14.1. The van der Waals surface area contributed by atoms with E-state index in [0.29, 0.717) is 30.3 Å². The Morgan fingerprint density at radius 1 is 0.878 bits per heavy atom. The first-order chi connectivity index (χ1) is 19.4. The van der Waals surface area contributed by atoms with Gasteiger partial charge in [0.05, 0.1) is 28.7 Å². The first-order valence-electron chi connectivity index (χ1n) is 11.8. The van der Waals surface area contributed by atoms with Crippen LogP contribution in [0.25, 0.3) is 10.2 Å². The minimum absolute atomic E-state index is 0.0916. The Kier molecular flexibility index (Phi) is 12.9. The van der Waals surface area contributed by atoms with Gasteiger partial charge in [-0.3, -0.25) is 4.90 Å². The van der Waals surface area contributed by atoms with Crippen LogP contribution < -0.4 is 10.6 Å². The molecule has 0 bridgehead atoms. The van der Waals surface area contributed by atoms with Gasteiger partial charge in [-0.05, 0) is 12.1 Å². The van der Waals surface area contributed by atoms with Gasteiger partial charge in [0.25, 0.3) is 0 Å². The molecule has 1 saturated heterocycles. The first kappa shape index (κ1) is 32.4. The summed E-state index contributed by atoms with van der Waals surface area (Å²) in [6, 6.07) is 8.01. The van der Waals surface area contributed by atoms with Crippen molar-refractivity contribution in [1.29, 1.82) is 0 Å². The van der Waals surface area contributed by atoms with Gasteiger partial charge in [0.1, 0.15) is 5.01 Å². The van der Waals surface area contributed by atoms with Gasteiger partial charge in [-0.15, -0.1) is 11.3 Å². The van der Waals surface area contributed by atoms with Crippen molar-refractivity contribution in [2.24, 2.45) is 5.73 Å². The Hall–Kier alpha value is -4.80. The molecule has 1 atom stereocenters. The zero-order chi connectivity index (χ0) is 30.4. The maximum absolute atomic E-state index is 12.9. The van der Waals surface area contributed by atoms with Gasteiger partial charge in [-0.25, -0.2) is 38.5 Å². The first-order valence-corrected chi connectivity index (χ1v) is 12.6. The molecule has 0 spiro atoms. The van der Waals surface area contributed by atoms with Crippen molar-refractivity contribution < 1.29 is 44.0 Å². The maximum atomic E-state index is 12.9. The number of fused-ring (bicyclic) bond motifs is 1. The van der Waals surface area contributed by atoms with Crippen molar-refractivity contribution >= 4 is 51.4 Å². The highest BCUT2D eigenvalue weighted by atomic mass is 32.1. The molecule has 6 N–H and O–H groups in total. The van der Waals surface area contributed by atoms with Gasteiger partial charge in [0.2, 0.25) is 5.95 Å². The molecule has 3 aromatic rings. The zero-order valence-corrected chi connectivity index (χ0v) is 22.2. The van der Waals surface area contributed by atoms with E-state index in [9.17, 15) is 23.6 Å². The largest absolute Gasteiger partial charge is 0.478 e. The number of aliphatic carboxylic acids is 4. The fourth-order valence-corrected chi connectivity index (χ4v) is 4.25. The fraction of sp³-hybridized carbons (Fsp3) is 0.240. The average Bonchev–Trinajstić information content (AvgIpc) is 3.37. The Bertz CT molecular complexity index is 1290. The number of thiazole rings is 1. The molecule has 0 saturated carbocycles. The van der Waals surface area contributed by atoms with E-state index >= 15 is 0 Å². The van der Waals surface area contributed by atoms with Crippen LogP contribution in [0, 0.1) is 5.82 Å². The predicted molar refractivity (Wildman–Crippen MR) is 146 cm³/mol. The lowest BCUT2D eigenvalue weighted by atomic mass is 10.2. The third-order valence-electron chi connectivity index (χ3n) is 5.08. The molecule has 2 aromatic heterocycles. The highest BCUT2D eigenvalue weighted by molar-refractivity contribution is 7.18. The number of anilines is 1. The fourth-order valence-electron chi connectivity index (χ4n) is 3.29. The monoisotopic (exact) mass is 590 g/mol. The molecule has 3 heterocycles. The molecule has 0 amide bonds. The van der Waals surface area contributed by atoms with Crippen LogP contribution in [0.5, 0.6) is 0 Å². The lowest BCUT2D eigenvalue weighted by Gasteiger charge is -2.35. The van der Waals surface area contributed by atoms with Gasteiger partial charge in [-0.2, -0.15) is 0 Å². The van der Waals surface area contributed by atoms with Crippen LogP contribution in [0.3, 0.4) is 0 Å². The summed E-state index contributed by atoms with van der Waals surface area (Å²) in [6.07, 6.45) is 4.64. The van der Waals surface area contributed by atoms with E-state index in [1.165, 1.54) is 17.1 Å². The molecule has 4 rings (SSSR count). The van der Waals surface area contributed by atoms with Crippen molar-refractivity contribution in [3.05, 3.63) is 71.8 Å². The summed E-state index contributed by atoms with van der Waals surface area (Å²) in [4.78, 5) is 55.4. The second-order valence-electron chi connectivity index (χ2n) is 8.13. The number of hydrogen-bond donors (Lipinski definition) is 5. The number of halogens is 1. The van der Waals surface area contributed by atoms with Crippen molar-refractivity contribution in [2.45, 2.75) is 6.04 Å². The lowest BCUT2D eigenvalue weighted by Crippen LogP contribution is -2.48. The number of rotatable bonds is 8. The number of piperazine rings is 1. The molecule has 1 aromatic carbocycles. The number of hydrogen-bond acceptors (Lipinski definition) is 11.